The van der Waals surface area contributed by atoms with Gasteiger partial charge in [-0.25, -0.2) is 0 Å². The van der Waals surface area contributed by atoms with Crippen molar-refractivity contribution in [2.75, 3.05) is 26.2 Å². The summed E-state index contributed by atoms with van der Waals surface area (Å²) in [6.45, 7) is 8.24. The lowest BCUT2D eigenvalue weighted by Gasteiger charge is -2.39. The molecule has 1 fully saturated rings. The van der Waals surface area contributed by atoms with E-state index in [1.165, 1.54) is 45.1 Å². The molecule has 0 amide bonds. The van der Waals surface area contributed by atoms with E-state index >= 15 is 0 Å². The smallest absolute Gasteiger partial charge is 0.0499 e. The van der Waals surface area contributed by atoms with Crippen LogP contribution in [-0.2, 0) is 0 Å². The first-order valence-electron chi connectivity index (χ1n) is 6.59. The molecule has 0 atom stereocenters. The molecule has 2 nitrogen and oxygen atoms in total. The van der Waals surface area contributed by atoms with Crippen LogP contribution in [0.1, 0.15) is 52.4 Å². The summed E-state index contributed by atoms with van der Waals surface area (Å²) in [6, 6.07) is 0. The van der Waals surface area contributed by atoms with E-state index < -0.39 is 0 Å². The molecule has 0 aromatic rings. The maximum atomic E-state index is 9.63. The van der Waals surface area contributed by atoms with Crippen LogP contribution in [0.2, 0.25) is 0 Å². The molecular weight excluding hydrogens is 186 g/mol. The van der Waals surface area contributed by atoms with Gasteiger partial charge in [-0.2, -0.15) is 0 Å². The lowest BCUT2D eigenvalue weighted by molar-refractivity contribution is 0.0420. The first kappa shape index (κ1) is 13.0. The second kappa shape index (κ2) is 6.49. The minimum Gasteiger partial charge on any atom is -0.396 e. The van der Waals surface area contributed by atoms with Crippen LogP contribution in [0.3, 0.4) is 0 Å². The molecule has 0 radical (unpaired) electrons. The summed E-state index contributed by atoms with van der Waals surface area (Å²) in [6.07, 6.45) is 7.65. The monoisotopic (exact) mass is 213 g/mol. The number of rotatable bonds is 6. The van der Waals surface area contributed by atoms with E-state index in [0.717, 1.165) is 13.1 Å². The number of aliphatic hydroxyl groups is 1. The van der Waals surface area contributed by atoms with Gasteiger partial charge in [0.25, 0.3) is 0 Å². The van der Waals surface area contributed by atoms with Gasteiger partial charge >= 0.3 is 0 Å². The first-order chi connectivity index (χ1) is 7.26. The Hall–Kier alpha value is -0.0800. The van der Waals surface area contributed by atoms with Crippen LogP contribution in [0.4, 0.5) is 0 Å². The van der Waals surface area contributed by atoms with E-state index in [1.54, 1.807) is 0 Å². The molecule has 0 unspecified atom stereocenters. The van der Waals surface area contributed by atoms with Crippen molar-refractivity contribution in [2.24, 2.45) is 5.41 Å². The zero-order valence-electron chi connectivity index (χ0n) is 10.5. The van der Waals surface area contributed by atoms with Gasteiger partial charge in [0.15, 0.2) is 0 Å². The highest BCUT2D eigenvalue weighted by Crippen LogP contribution is 2.36. The summed E-state index contributed by atoms with van der Waals surface area (Å²) in [7, 11) is 0. The fourth-order valence-corrected chi connectivity index (χ4v) is 2.81. The van der Waals surface area contributed by atoms with E-state index in [9.17, 15) is 5.11 Å². The van der Waals surface area contributed by atoms with Gasteiger partial charge in [-0.1, -0.05) is 33.1 Å². The Bertz CT molecular complexity index is 164. The van der Waals surface area contributed by atoms with Crippen molar-refractivity contribution in [2.45, 2.75) is 52.4 Å². The average Bonchev–Trinajstić information content (AvgIpc) is 2.30. The van der Waals surface area contributed by atoms with Gasteiger partial charge in [-0.15, -0.1) is 0 Å². The van der Waals surface area contributed by atoms with Gasteiger partial charge in [0, 0.05) is 18.6 Å². The van der Waals surface area contributed by atoms with E-state index in [0.29, 0.717) is 6.61 Å². The van der Waals surface area contributed by atoms with Crippen molar-refractivity contribution in [3.8, 4) is 0 Å². The number of aliphatic hydroxyl groups excluding tert-OH is 1. The molecule has 90 valence electrons. The highest BCUT2D eigenvalue weighted by atomic mass is 16.3. The van der Waals surface area contributed by atoms with Gasteiger partial charge in [0.1, 0.15) is 0 Å². The van der Waals surface area contributed by atoms with Crippen molar-refractivity contribution >= 4 is 0 Å². The average molecular weight is 213 g/mol. The maximum absolute atomic E-state index is 9.63. The Kier molecular flexibility index (Phi) is 5.62. The Labute approximate surface area is 94.7 Å². The highest BCUT2D eigenvalue weighted by molar-refractivity contribution is 4.85. The Morgan fingerprint density at radius 2 is 1.80 bits per heavy atom. The van der Waals surface area contributed by atoms with Crippen LogP contribution in [0.25, 0.3) is 0 Å². The topological polar surface area (TPSA) is 23.5 Å². The zero-order chi connectivity index (χ0) is 11.1. The summed E-state index contributed by atoms with van der Waals surface area (Å²) >= 11 is 0. The Morgan fingerprint density at radius 1 is 1.13 bits per heavy atom. The largest absolute Gasteiger partial charge is 0.396 e. The predicted molar refractivity (Wildman–Crippen MR) is 65.0 cm³/mol. The normalized spacial score (nSPS) is 20.8. The van der Waals surface area contributed by atoms with E-state index in [1.807, 2.05) is 0 Å². The fraction of sp³-hybridized carbons (Fsp3) is 1.00. The summed E-state index contributed by atoms with van der Waals surface area (Å²) < 4.78 is 0. The molecular formula is C13H27NO. The second-order valence-corrected chi connectivity index (χ2v) is 5.09. The molecule has 0 saturated heterocycles. The summed E-state index contributed by atoms with van der Waals surface area (Å²) in [4.78, 5) is 2.50. The van der Waals surface area contributed by atoms with Gasteiger partial charge in [-0.3, -0.25) is 0 Å². The van der Waals surface area contributed by atoms with Gasteiger partial charge < -0.3 is 10.0 Å². The molecule has 1 N–H and O–H groups in total. The van der Waals surface area contributed by atoms with Crippen LogP contribution in [0, 0.1) is 5.41 Å². The molecule has 1 rings (SSSR count). The molecule has 0 spiro atoms. The third-order valence-electron chi connectivity index (χ3n) is 3.80. The number of nitrogens with zero attached hydrogens (tertiary/aromatic N) is 1. The standard InChI is InChI=1S/C13H27NO/c1-3-10-14(4-2)11-13(12-15)8-6-5-7-9-13/h15H,3-12H2,1-2H3. The maximum Gasteiger partial charge on any atom is 0.0499 e. The Morgan fingerprint density at radius 3 is 2.27 bits per heavy atom. The molecule has 1 aliphatic rings. The van der Waals surface area contributed by atoms with Gasteiger partial charge in [-0.05, 0) is 32.4 Å². The molecule has 1 saturated carbocycles. The van der Waals surface area contributed by atoms with Crippen LogP contribution in [-0.4, -0.2) is 36.2 Å². The van der Waals surface area contributed by atoms with Crippen molar-refractivity contribution in [3.63, 3.8) is 0 Å². The lowest BCUT2D eigenvalue weighted by Crippen LogP contribution is -2.41. The molecule has 0 aromatic carbocycles. The lowest BCUT2D eigenvalue weighted by atomic mass is 9.74. The summed E-state index contributed by atoms with van der Waals surface area (Å²) in [5.74, 6) is 0. The van der Waals surface area contributed by atoms with Crippen LogP contribution >= 0.6 is 0 Å². The molecule has 0 bridgehead atoms. The predicted octanol–water partition coefficient (Wildman–Crippen LogP) is 2.66. The zero-order valence-corrected chi connectivity index (χ0v) is 10.5. The first-order valence-corrected chi connectivity index (χ1v) is 6.59. The van der Waals surface area contributed by atoms with E-state index in [4.69, 9.17) is 0 Å². The highest BCUT2D eigenvalue weighted by Gasteiger charge is 2.32. The summed E-state index contributed by atoms with van der Waals surface area (Å²) in [5.41, 5.74) is 0.226. The van der Waals surface area contributed by atoms with E-state index in [2.05, 4.69) is 18.7 Å². The second-order valence-electron chi connectivity index (χ2n) is 5.09. The van der Waals surface area contributed by atoms with Crippen LogP contribution in [0.5, 0.6) is 0 Å². The minimum absolute atomic E-state index is 0.226. The molecule has 1 aliphatic carbocycles. The third kappa shape index (κ3) is 3.76. The SMILES string of the molecule is CCCN(CC)CC1(CO)CCCCC1. The molecule has 2 heteroatoms. The van der Waals surface area contributed by atoms with Gasteiger partial charge in [0.05, 0.1) is 0 Å². The van der Waals surface area contributed by atoms with Crippen LogP contribution < -0.4 is 0 Å². The molecule has 0 aliphatic heterocycles. The number of hydrogen-bond acceptors (Lipinski definition) is 2. The fourth-order valence-electron chi connectivity index (χ4n) is 2.81. The quantitative estimate of drug-likeness (QED) is 0.733. The van der Waals surface area contributed by atoms with Crippen LogP contribution in [0.15, 0.2) is 0 Å². The van der Waals surface area contributed by atoms with Crippen molar-refractivity contribution in [3.05, 3.63) is 0 Å². The third-order valence-corrected chi connectivity index (χ3v) is 3.80. The Balaban J connectivity index is 2.49. The molecule has 0 heterocycles. The van der Waals surface area contributed by atoms with Crippen molar-refractivity contribution in [1.82, 2.24) is 4.90 Å². The summed E-state index contributed by atoms with van der Waals surface area (Å²) in [5, 5.41) is 9.63. The van der Waals surface area contributed by atoms with Crippen molar-refractivity contribution in [1.29, 1.82) is 0 Å². The van der Waals surface area contributed by atoms with Gasteiger partial charge in [0.2, 0.25) is 0 Å². The minimum atomic E-state index is 0.226. The molecule has 0 aromatic heterocycles. The van der Waals surface area contributed by atoms with Crippen molar-refractivity contribution < 1.29 is 5.11 Å². The van der Waals surface area contributed by atoms with E-state index in [-0.39, 0.29) is 5.41 Å². The number of hydrogen-bond donors (Lipinski definition) is 1. The molecule has 15 heavy (non-hydrogen) atoms.